The monoisotopic (exact) mass is 352 g/mol. The highest BCUT2D eigenvalue weighted by molar-refractivity contribution is 7.10. The zero-order valence-corrected chi connectivity index (χ0v) is 14.8. The summed E-state index contributed by atoms with van der Waals surface area (Å²) in [5, 5.41) is 9.18. The van der Waals surface area contributed by atoms with Crippen LogP contribution in [0.15, 0.2) is 42.3 Å². The number of amides is 1. The van der Waals surface area contributed by atoms with Gasteiger partial charge in [0.15, 0.2) is 0 Å². The molecular formula is C19H20N4OS. The summed E-state index contributed by atoms with van der Waals surface area (Å²) in [5.74, 6) is 0.0473. The Hall–Kier alpha value is -2.47. The Morgan fingerprint density at radius 2 is 1.96 bits per heavy atom. The third-order valence-corrected chi connectivity index (χ3v) is 5.68. The smallest absolute Gasteiger partial charge is 0.252 e. The van der Waals surface area contributed by atoms with Crippen molar-refractivity contribution >= 4 is 17.2 Å². The van der Waals surface area contributed by atoms with Gasteiger partial charge in [-0.3, -0.25) is 4.79 Å². The molecule has 5 nitrogen and oxygen atoms in total. The molecule has 0 unspecified atom stereocenters. The molecule has 0 bridgehead atoms. The predicted molar refractivity (Wildman–Crippen MR) is 97.7 cm³/mol. The molecule has 0 spiro atoms. The number of benzene rings is 1. The van der Waals surface area contributed by atoms with Crippen molar-refractivity contribution in [3.63, 3.8) is 0 Å². The van der Waals surface area contributed by atoms with Crippen molar-refractivity contribution in [2.24, 2.45) is 0 Å². The van der Waals surface area contributed by atoms with Gasteiger partial charge in [-0.2, -0.15) is 5.10 Å². The minimum atomic E-state index is 0.0473. The number of aromatic nitrogens is 3. The summed E-state index contributed by atoms with van der Waals surface area (Å²) in [6.07, 6.45) is 7.84. The van der Waals surface area contributed by atoms with Crippen LogP contribution < -0.4 is 5.32 Å². The summed E-state index contributed by atoms with van der Waals surface area (Å²) in [7, 11) is 0. The first kappa shape index (κ1) is 16.0. The first-order valence-electron chi connectivity index (χ1n) is 8.57. The topological polar surface area (TPSA) is 59.8 Å². The molecule has 25 heavy (non-hydrogen) atoms. The predicted octanol–water partition coefficient (Wildman–Crippen LogP) is 3.20. The van der Waals surface area contributed by atoms with Gasteiger partial charge in [-0.25, -0.2) is 9.67 Å². The van der Waals surface area contributed by atoms with E-state index in [0.29, 0.717) is 13.1 Å². The van der Waals surface area contributed by atoms with Gasteiger partial charge in [0.2, 0.25) is 0 Å². The lowest BCUT2D eigenvalue weighted by atomic mass is 9.95. The fourth-order valence-corrected chi connectivity index (χ4v) is 4.35. The average molecular weight is 352 g/mol. The van der Waals surface area contributed by atoms with E-state index in [0.717, 1.165) is 29.5 Å². The van der Waals surface area contributed by atoms with Crippen LogP contribution in [0.5, 0.6) is 0 Å². The van der Waals surface area contributed by atoms with Gasteiger partial charge < -0.3 is 5.32 Å². The Labute approximate surface area is 150 Å². The Morgan fingerprint density at radius 1 is 1.16 bits per heavy atom. The van der Waals surface area contributed by atoms with Crippen molar-refractivity contribution in [2.45, 2.75) is 38.8 Å². The molecule has 1 amide bonds. The lowest BCUT2D eigenvalue weighted by Gasteiger charge is -2.13. The third kappa shape index (κ3) is 3.64. The number of hydrogen-bond donors (Lipinski definition) is 1. The van der Waals surface area contributed by atoms with Gasteiger partial charge in [-0.15, -0.1) is 11.3 Å². The molecule has 2 aromatic heterocycles. The van der Waals surface area contributed by atoms with Crippen molar-refractivity contribution in [3.05, 3.63) is 69.4 Å². The minimum Gasteiger partial charge on any atom is -0.348 e. The highest BCUT2D eigenvalue weighted by atomic mass is 32.1. The minimum absolute atomic E-state index is 0.0473. The van der Waals surface area contributed by atoms with E-state index in [1.54, 1.807) is 22.3 Å². The van der Waals surface area contributed by atoms with Crippen molar-refractivity contribution in [2.75, 3.05) is 0 Å². The zero-order valence-electron chi connectivity index (χ0n) is 13.9. The lowest BCUT2D eigenvalue weighted by Crippen LogP contribution is -2.23. The number of rotatable bonds is 5. The number of nitrogens with one attached hydrogen (secondary N) is 1. The maximum atomic E-state index is 12.5. The Kier molecular flexibility index (Phi) is 4.61. The second-order valence-electron chi connectivity index (χ2n) is 6.35. The largest absolute Gasteiger partial charge is 0.348 e. The van der Waals surface area contributed by atoms with Crippen LogP contribution in [0.1, 0.15) is 44.8 Å². The highest BCUT2D eigenvalue weighted by Crippen LogP contribution is 2.30. The normalized spacial score (nSPS) is 13.4. The van der Waals surface area contributed by atoms with E-state index in [1.807, 2.05) is 5.38 Å². The van der Waals surface area contributed by atoms with Gasteiger partial charge in [-0.05, 0) is 42.4 Å². The van der Waals surface area contributed by atoms with Crippen LogP contribution in [0.2, 0.25) is 0 Å². The number of aryl methyl sites for hydroxylation is 1. The SMILES string of the molecule is O=C(NCc1ccc(Cn2cncn2)cc1)c1csc2c1CCCC2. The molecule has 0 radical (unpaired) electrons. The first-order valence-corrected chi connectivity index (χ1v) is 9.45. The van der Waals surface area contributed by atoms with E-state index in [2.05, 4.69) is 39.7 Å². The molecule has 1 aromatic carbocycles. The summed E-state index contributed by atoms with van der Waals surface area (Å²) >= 11 is 1.73. The van der Waals surface area contributed by atoms with Crippen LogP contribution in [0, 0.1) is 0 Å². The maximum Gasteiger partial charge on any atom is 0.252 e. The van der Waals surface area contributed by atoms with Crippen molar-refractivity contribution < 1.29 is 4.79 Å². The van der Waals surface area contributed by atoms with Gasteiger partial charge in [0.25, 0.3) is 5.91 Å². The standard InChI is InChI=1S/C19H20N4OS/c24-19(17-11-25-18-4-2-1-3-16(17)18)21-9-14-5-7-15(8-6-14)10-23-13-20-12-22-23/h5-8,11-13H,1-4,9-10H2,(H,21,24). The van der Waals surface area contributed by atoms with E-state index in [-0.39, 0.29) is 5.91 Å². The summed E-state index contributed by atoms with van der Waals surface area (Å²) in [4.78, 5) is 17.8. The Bertz CT molecular complexity index is 852. The van der Waals surface area contributed by atoms with Gasteiger partial charge in [0, 0.05) is 16.8 Å². The van der Waals surface area contributed by atoms with E-state index in [9.17, 15) is 4.79 Å². The molecule has 4 rings (SSSR count). The summed E-state index contributed by atoms with van der Waals surface area (Å²) in [6.45, 7) is 1.25. The van der Waals surface area contributed by atoms with Gasteiger partial charge in [0.1, 0.15) is 12.7 Å². The zero-order chi connectivity index (χ0) is 17.1. The molecule has 1 aliphatic rings. The number of hydrogen-bond acceptors (Lipinski definition) is 4. The number of nitrogens with zero attached hydrogens (tertiary/aromatic N) is 3. The molecule has 0 fully saturated rings. The lowest BCUT2D eigenvalue weighted by molar-refractivity contribution is 0.0950. The fraction of sp³-hybridized carbons (Fsp3) is 0.316. The van der Waals surface area contributed by atoms with Gasteiger partial charge >= 0.3 is 0 Å². The number of fused-ring (bicyclic) bond motifs is 1. The summed E-state index contributed by atoms with van der Waals surface area (Å²) in [6, 6.07) is 8.23. The Morgan fingerprint density at radius 3 is 2.76 bits per heavy atom. The quantitative estimate of drug-likeness (QED) is 0.767. The maximum absolute atomic E-state index is 12.5. The molecule has 0 saturated carbocycles. The van der Waals surface area contributed by atoms with Crippen molar-refractivity contribution in [3.8, 4) is 0 Å². The van der Waals surface area contributed by atoms with E-state index in [1.165, 1.54) is 29.6 Å². The van der Waals surface area contributed by atoms with Crippen LogP contribution in [-0.2, 0) is 25.9 Å². The third-order valence-electron chi connectivity index (χ3n) is 4.59. The second kappa shape index (κ2) is 7.19. The van der Waals surface area contributed by atoms with Gasteiger partial charge in [0.05, 0.1) is 12.1 Å². The molecule has 6 heteroatoms. The molecular weight excluding hydrogens is 332 g/mol. The van der Waals surface area contributed by atoms with Crippen LogP contribution in [0.3, 0.4) is 0 Å². The van der Waals surface area contributed by atoms with Gasteiger partial charge in [-0.1, -0.05) is 24.3 Å². The van der Waals surface area contributed by atoms with E-state index < -0.39 is 0 Å². The molecule has 0 atom stereocenters. The van der Waals surface area contributed by atoms with Crippen LogP contribution >= 0.6 is 11.3 Å². The van der Waals surface area contributed by atoms with Crippen LogP contribution in [-0.4, -0.2) is 20.7 Å². The molecule has 1 N–H and O–H groups in total. The van der Waals surface area contributed by atoms with Crippen LogP contribution in [0.25, 0.3) is 0 Å². The average Bonchev–Trinajstić information content (AvgIpc) is 3.30. The molecule has 0 aliphatic heterocycles. The number of thiophene rings is 1. The molecule has 1 aliphatic carbocycles. The second-order valence-corrected chi connectivity index (χ2v) is 7.31. The molecule has 128 valence electrons. The molecule has 2 heterocycles. The molecule has 3 aromatic rings. The number of carbonyl (C=O) groups excluding carboxylic acids is 1. The Balaban J connectivity index is 1.36. The van der Waals surface area contributed by atoms with E-state index >= 15 is 0 Å². The highest BCUT2D eigenvalue weighted by Gasteiger charge is 2.19. The van der Waals surface area contributed by atoms with Crippen LogP contribution in [0.4, 0.5) is 0 Å². The summed E-state index contributed by atoms with van der Waals surface area (Å²) < 4.78 is 1.79. The van der Waals surface area contributed by atoms with E-state index in [4.69, 9.17) is 0 Å². The van der Waals surface area contributed by atoms with Crippen molar-refractivity contribution in [1.82, 2.24) is 20.1 Å². The molecule has 0 saturated heterocycles. The number of carbonyl (C=O) groups is 1. The summed E-state index contributed by atoms with van der Waals surface area (Å²) in [5.41, 5.74) is 4.41. The van der Waals surface area contributed by atoms with Crippen molar-refractivity contribution in [1.29, 1.82) is 0 Å². The first-order chi connectivity index (χ1) is 12.3. The fourth-order valence-electron chi connectivity index (χ4n) is 3.23.